The second kappa shape index (κ2) is 7.76. The number of anilines is 1. The van der Waals surface area contributed by atoms with Crippen molar-refractivity contribution in [1.82, 2.24) is 14.9 Å². The average molecular weight is 423 g/mol. The van der Waals surface area contributed by atoms with Crippen LogP contribution >= 0.6 is 11.6 Å². The third kappa shape index (κ3) is 3.56. The van der Waals surface area contributed by atoms with E-state index in [1.54, 1.807) is 17.0 Å². The van der Waals surface area contributed by atoms with Gasteiger partial charge in [0.25, 0.3) is 0 Å². The summed E-state index contributed by atoms with van der Waals surface area (Å²) >= 11 is 6.06. The number of hydrogen-bond donors (Lipinski definition) is 1. The maximum Gasteiger partial charge on any atom is 0.228 e. The van der Waals surface area contributed by atoms with E-state index in [1.807, 2.05) is 41.3 Å². The van der Waals surface area contributed by atoms with Gasteiger partial charge in [-0.25, -0.2) is 4.98 Å². The first kappa shape index (κ1) is 19.1. The molecule has 0 bridgehead atoms. The molecule has 0 saturated carbocycles. The van der Waals surface area contributed by atoms with Gasteiger partial charge in [0, 0.05) is 42.7 Å². The number of nitrogens with one attached hydrogen (secondary N) is 1. The van der Waals surface area contributed by atoms with E-state index in [2.05, 4.69) is 4.98 Å². The van der Waals surface area contributed by atoms with Crippen LogP contribution in [0.2, 0.25) is 5.02 Å². The molecule has 2 fully saturated rings. The van der Waals surface area contributed by atoms with E-state index in [4.69, 9.17) is 16.6 Å². The van der Waals surface area contributed by atoms with Crippen LogP contribution in [0.1, 0.15) is 31.0 Å². The number of piperidine rings is 1. The molecule has 2 aromatic carbocycles. The molecule has 6 nitrogen and oxygen atoms in total. The van der Waals surface area contributed by atoms with E-state index in [0.717, 1.165) is 35.4 Å². The van der Waals surface area contributed by atoms with Crippen LogP contribution in [0, 0.1) is 5.92 Å². The van der Waals surface area contributed by atoms with Gasteiger partial charge in [0.15, 0.2) is 0 Å². The number of aromatic nitrogens is 2. The molecule has 0 spiro atoms. The number of aromatic amines is 1. The SMILES string of the molecule is O=C([C@@H]1CC(=O)N(c2cccc(Cl)c2)C1)N1CCC(c2nc3ccccc3[nH]2)CC1. The number of para-hydroxylation sites is 2. The molecule has 2 saturated heterocycles. The number of halogens is 1. The van der Waals surface area contributed by atoms with Gasteiger partial charge in [-0.2, -0.15) is 0 Å². The molecule has 0 aliphatic carbocycles. The van der Waals surface area contributed by atoms with E-state index in [9.17, 15) is 9.59 Å². The molecular formula is C23H23ClN4O2. The number of benzene rings is 2. The van der Waals surface area contributed by atoms with E-state index in [-0.39, 0.29) is 24.2 Å². The van der Waals surface area contributed by atoms with Gasteiger partial charge in [0.05, 0.1) is 17.0 Å². The lowest BCUT2D eigenvalue weighted by atomic mass is 9.95. The Morgan fingerprint density at radius 1 is 1.10 bits per heavy atom. The number of amides is 2. The molecule has 7 heteroatoms. The van der Waals surface area contributed by atoms with Crippen molar-refractivity contribution in [3.8, 4) is 0 Å². The lowest BCUT2D eigenvalue weighted by Crippen LogP contribution is -2.42. The van der Waals surface area contributed by atoms with Crippen LogP contribution < -0.4 is 4.90 Å². The standard InChI is InChI=1S/C23H23ClN4O2/c24-17-4-3-5-18(13-17)28-14-16(12-21(28)29)23(30)27-10-8-15(9-11-27)22-25-19-6-1-2-7-20(19)26-22/h1-7,13,15-16H,8-12,14H2,(H,25,26)/t16-/m1/s1. The van der Waals surface area contributed by atoms with E-state index >= 15 is 0 Å². The predicted octanol–water partition coefficient (Wildman–Crippen LogP) is 3.98. The molecule has 3 heterocycles. The maximum atomic E-state index is 13.1. The predicted molar refractivity (Wildman–Crippen MR) is 117 cm³/mol. The molecule has 2 aliphatic heterocycles. The summed E-state index contributed by atoms with van der Waals surface area (Å²) in [6.07, 6.45) is 2.02. The molecule has 1 atom stereocenters. The van der Waals surface area contributed by atoms with E-state index in [1.165, 1.54) is 0 Å². The fourth-order valence-electron chi connectivity index (χ4n) is 4.56. The minimum atomic E-state index is -0.292. The second-order valence-corrected chi connectivity index (χ2v) is 8.56. The molecule has 2 amide bonds. The first-order chi connectivity index (χ1) is 14.6. The van der Waals surface area contributed by atoms with Crippen molar-refractivity contribution in [2.45, 2.75) is 25.2 Å². The second-order valence-electron chi connectivity index (χ2n) is 8.12. The van der Waals surface area contributed by atoms with Gasteiger partial charge in [0.2, 0.25) is 11.8 Å². The largest absolute Gasteiger partial charge is 0.342 e. The molecule has 30 heavy (non-hydrogen) atoms. The summed E-state index contributed by atoms with van der Waals surface area (Å²) in [5, 5.41) is 0.586. The molecule has 2 aliphatic rings. The minimum Gasteiger partial charge on any atom is -0.342 e. The summed E-state index contributed by atoms with van der Waals surface area (Å²) in [5.74, 6) is 1.10. The fourth-order valence-corrected chi connectivity index (χ4v) is 4.75. The summed E-state index contributed by atoms with van der Waals surface area (Å²) in [6, 6.07) is 15.3. The number of likely N-dealkylation sites (tertiary alicyclic amines) is 1. The van der Waals surface area contributed by atoms with E-state index < -0.39 is 0 Å². The summed E-state index contributed by atoms with van der Waals surface area (Å²) in [7, 11) is 0. The smallest absolute Gasteiger partial charge is 0.228 e. The summed E-state index contributed by atoms with van der Waals surface area (Å²) in [5.41, 5.74) is 2.79. The molecule has 1 aromatic heterocycles. The van der Waals surface area contributed by atoms with Gasteiger partial charge in [-0.05, 0) is 43.2 Å². The van der Waals surface area contributed by atoms with Crippen LogP contribution in [-0.2, 0) is 9.59 Å². The number of rotatable bonds is 3. The first-order valence-corrected chi connectivity index (χ1v) is 10.8. The minimum absolute atomic E-state index is 0.0206. The zero-order valence-electron chi connectivity index (χ0n) is 16.6. The molecular weight excluding hydrogens is 400 g/mol. The molecule has 5 rings (SSSR count). The number of fused-ring (bicyclic) bond motifs is 1. The number of carbonyl (C=O) groups excluding carboxylic acids is 2. The van der Waals surface area contributed by atoms with Crippen molar-refractivity contribution in [3.63, 3.8) is 0 Å². The van der Waals surface area contributed by atoms with Crippen molar-refractivity contribution < 1.29 is 9.59 Å². The van der Waals surface area contributed by atoms with Gasteiger partial charge in [0.1, 0.15) is 5.82 Å². The Morgan fingerprint density at radius 3 is 2.67 bits per heavy atom. The zero-order valence-corrected chi connectivity index (χ0v) is 17.3. The highest BCUT2D eigenvalue weighted by atomic mass is 35.5. The van der Waals surface area contributed by atoms with Crippen LogP contribution in [0.15, 0.2) is 48.5 Å². The Bertz CT molecular complexity index is 1070. The van der Waals surface area contributed by atoms with E-state index in [0.29, 0.717) is 30.6 Å². The van der Waals surface area contributed by atoms with Crippen molar-refractivity contribution in [2.24, 2.45) is 5.92 Å². The summed E-state index contributed by atoms with van der Waals surface area (Å²) in [4.78, 5) is 37.3. The lowest BCUT2D eigenvalue weighted by molar-refractivity contribution is -0.136. The number of imidazole rings is 1. The van der Waals surface area contributed by atoms with Crippen LogP contribution in [0.5, 0.6) is 0 Å². The Balaban J connectivity index is 1.22. The Labute approximate surface area is 179 Å². The highest BCUT2D eigenvalue weighted by Crippen LogP contribution is 2.31. The molecule has 0 unspecified atom stereocenters. The highest BCUT2D eigenvalue weighted by molar-refractivity contribution is 6.31. The normalized spacial score (nSPS) is 20.3. The number of H-pyrrole nitrogens is 1. The quantitative estimate of drug-likeness (QED) is 0.694. The number of nitrogens with zero attached hydrogens (tertiary/aromatic N) is 3. The van der Waals surface area contributed by atoms with Crippen LogP contribution in [0.3, 0.4) is 0 Å². The Kier molecular flexibility index (Phi) is 4.95. The average Bonchev–Trinajstić information content (AvgIpc) is 3.37. The highest BCUT2D eigenvalue weighted by Gasteiger charge is 2.38. The van der Waals surface area contributed by atoms with Crippen molar-refractivity contribution in [2.75, 3.05) is 24.5 Å². The van der Waals surface area contributed by atoms with Crippen molar-refractivity contribution in [3.05, 3.63) is 59.4 Å². The molecule has 3 aromatic rings. The summed E-state index contributed by atoms with van der Waals surface area (Å²) in [6.45, 7) is 1.81. The number of hydrogen-bond acceptors (Lipinski definition) is 3. The maximum absolute atomic E-state index is 13.1. The van der Waals surface area contributed by atoms with Gasteiger partial charge in [-0.15, -0.1) is 0 Å². The summed E-state index contributed by atoms with van der Waals surface area (Å²) < 4.78 is 0. The molecule has 154 valence electrons. The Morgan fingerprint density at radius 2 is 1.90 bits per heavy atom. The lowest BCUT2D eigenvalue weighted by Gasteiger charge is -2.32. The fraction of sp³-hybridized carbons (Fsp3) is 0.348. The van der Waals surface area contributed by atoms with Crippen LogP contribution in [0.25, 0.3) is 11.0 Å². The van der Waals surface area contributed by atoms with Gasteiger partial charge in [-0.3, -0.25) is 9.59 Å². The van der Waals surface area contributed by atoms with Gasteiger partial charge >= 0.3 is 0 Å². The Hall–Kier alpha value is -2.86. The van der Waals surface area contributed by atoms with Crippen LogP contribution in [0.4, 0.5) is 5.69 Å². The number of carbonyl (C=O) groups is 2. The van der Waals surface area contributed by atoms with Gasteiger partial charge < -0.3 is 14.8 Å². The third-order valence-electron chi connectivity index (χ3n) is 6.20. The third-order valence-corrected chi connectivity index (χ3v) is 6.43. The molecule has 1 N–H and O–H groups in total. The monoisotopic (exact) mass is 422 g/mol. The van der Waals surface area contributed by atoms with Crippen molar-refractivity contribution in [1.29, 1.82) is 0 Å². The van der Waals surface area contributed by atoms with Crippen molar-refractivity contribution >= 4 is 40.1 Å². The topological polar surface area (TPSA) is 69.3 Å². The van der Waals surface area contributed by atoms with Crippen LogP contribution in [-0.4, -0.2) is 46.3 Å². The first-order valence-electron chi connectivity index (χ1n) is 10.4. The zero-order chi connectivity index (χ0) is 20.7. The molecule has 0 radical (unpaired) electrons. The van der Waals surface area contributed by atoms with Gasteiger partial charge in [-0.1, -0.05) is 29.8 Å².